The van der Waals surface area contributed by atoms with Crippen molar-refractivity contribution in [2.24, 2.45) is 0 Å². The molecule has 1 N–H and O–H groups in total. The highest BCUT2D eigenvalue weighted by molar-refractivity contribution is 5.84. The Hall–Kier alpha value is -1.31. The van der Waals surface area contributed by atoms with Gasteiger partial charge in [-0.1, -0.05) is 0 Å². The Morgan fingerprint density at radius 1 is 1.41 bits per heavy atom. The third-order valence-corrected chi connectivity index (χ3v) is 2.77. The van der Waals surface area contributed by atoms with Gasteiger partial charge in [0.15, 0.2) is 5.60 Å². The molecule has 1 aliphatic heterocycles. The van der Waals surface area contributed by atoms with Crippen LogP contribution in [0.1, 0.15) is 12.8 Å². The minimum absolute atomic E-state index is 0.0838. The molecule has 1 aliphatic rings. The molecule has 1 unspecified atom stereocenters. The van der Waals surface area contributed by atoms with Crippen molar-refractivity contribution in [3.63, 3.8) is 0 Å². The monoisotopic (exact) mass is 255 g/mol. The zero-order valence-corrected chi connectivity index (χ0v) is 9.08. The number of carboxylic acid groups (broad SMARTS) is 1. The van der Waals surface area contributed by atoms with E-state index < -0.39 is 30.2 Å². The Labute approximate surface area is 95.1 Å². The predicted octanol–water partition coefficient (Wildman–Crippen LogP) is 0.641. The molecular formula is C9H12F3NO4. The Bertz CT molecular complexity index is 331. The van der Waals surface area contributed by atoms with Gasteiger partial charge in [-0.15, -0.1) is 0 Å². The molecule has 0 aromatic rings. The summed E-state index contributed by atoms with van der Waals surface area (Å²) in [7, 11) is 1.11. The summed E-state index contributed by atoms with van der Waals surface area (Å²) in [5, 5.41) is 8.95. The Morgan fingerprint density at radius 2 is 2.00 bits per heavy atom. The maximum atomic E-state index is 12.2. The summed E-state index contributed by atoms with van der Waals surface area (Å²) in [6, 6.07) is 0. The van der Waals surface area contributed by atoms with Gasteiger partial charge in [-0.2, -0.15) is 13.2 Å². The first-order valence-electron chi connectivity index (χ1n) is 4.87. The standard InChI is InChI=1S/C9H12F3NO4/c1-17-8(7(15)16)3-2-4-13(5-8)6(14)9(10,11)12/h2-5H2,1H3,(H,15,16). The van der Waals surface area contributed by atoms with Crippen molar-refractivity contribution in [3.05, 3.63) is 0 Å². The fraction of sp³-hybridized carbons (Fsp3) is 0.778. The first-order chi connectivity index (χ1) is 7.73. The summed E-state index contributed by atoms with van der Waals surface area (Å²) < 4.78 is 41.4. The van der Waals surface area contributed by atoms with E-state index in [4.69, 9.17) is 9.84 Å². The molecule has 98 valence electrons. The number of piperidine rings is 1. The molecule has 1 amide bonds. The maximum absolute atomic E-state index is 12.2. The van der Waals surface area contributed by atoms with Gasteiger partial charge in [0.2, 0.25) is 0 Å². The summed E-state index contributed by atoms with van der Waals surface area (Å²) >= 11 is 0. The van der Waals surface area contributed by atoms with E-state index in [0.717, 1.165) is 7.11 Å². The van der Waals surface area contributed by atoms with E-state index in [1.165, 1.54) is 0 Å². The Balaban J connectivity index is 2.86. The summed E-state index contributed by atoms with van der Waals surface area (Å²) in [6.45, 7) is -0.700. The quantitative estimate of drug-likeness (QED) is 0.786. The van der Waals surface area contributed by atoms with Gasteiger partial charge in [0.1, 0.15) is 0 Å². The zero-order chi connectivity index (χ0) is 13.3. The number of halogens is 3. The average molecular weight is 255 g/mol. The van der Waals surface area contributed by atoms with E-state index in [1.54, 1.807) is 0 Å². The van der Waals surface area contributed by atoms with Crippen LogP contribution in [0.4, 0.5) is 13.2 Å². The highest BCUT2D eigenvalue weighted by atomic mass is 19.4. The van der Waals surface area contributed by atoms with Crippen LogP contribution in [0.2, 0.25) is 0 Å². The number of hydrogen-bond donors (Lipinski definition) is 1. The topological polar surface area (TPSA) is 66.8 Å². The molecule has 0 radical (unpaired) electrons. The van der Waals surface area contributed by atoms with Gasteiger partial charge in [0, 0.05) is 13.7 Å². The molecule has 0 aliphatic carbocycles. The first-order valence-corrected chi connectivity index (χ1v) is 4.87. The van der Waals surface area contributed by atoms with E-state index in [1.807, 2.05) is 0 Å². The van der Waals surface area contributed by atoms with Crippen molar-refractivity contribution in [3.8, 4) is 0 Å². The minimum atomic E-state index is -4.99. The van der Waals surface area contributed by atoms with Gasteiger partial charge in [-0.05, 0) is 12.8 Å². The van der Waals surface area contributed by atoms with Crippen molar-refractivity contribution < 1.29 is 32.6 Å². The Kier molecular flexibility index (Phi) is 3.65. The van der Waals surface area contributed by atoms with Gasteiger partial charge < -0.3 is 14.7 Å². The number of aliphatic carboxylic acids is 1. The number of ether oxygens (including phenoxy) is 1. The second-order valence-corrected chi connectivity index (χ2v) is 3.83. The van der Waals surface area contributed by atoms with E-state index in [9.17, 15) is 22.8 Å². The van der Waals surface area contributed by atoms with Crippen LogP contribution in [0, 0.1) is 0 Å². The summed E-state index contributed by atoms with van der Waals surface area (Å²) in [4.78, 5) is 22.5. The third-order valence-electron chi connectivity index (χ3n) is 2.77. The molecule has 1 atom stereocenters. The van der Waals surface area contributed by atoms with Crippen LogP contribution in [-0.4, -0.2) is 53.9 Å². The van der Waals surface area contributed by atoms with Gasteiger partial charge in [-0.3, -0.25) is 4.79 Å². The minimum Gasteiger partial charge on any atom is -0.479 e. The molecular weight excluding hydrogens is 243 g/mol. The number of carbonyl (C=O) groups excluding carboxylic acids is 1. The molecule has 0 bridgehead atoms. The fourth-order valence-electron chi connectivity index (χ4n) is 1.80. The van der Waals surface area contributed by atoms with Crippen LogP contribution in [0.3, 0.4) is 0 Å². The molecule has 8 heteroatoms. The molecule has 0 aromatic heterocycles. The third kappa shape index (κ3) is 2.68. The molecule has 1 heterocycles. The van der Waals surface area contributed by atoms with Crippen molar-refractivity contribution in [2.45, 2.75) is 24.6 Å². The van der Waals surface area contributed by atoms with Crippen LogP contribution in [0.15, 0.2) is 0 Å². The molecule has 5 nitrogen and oxygen atoms in total. The number of likely N-dealkylation sites (tertiary alicyclic amines) is 1. The van der Waals surface area contributed by atoms with Gasteiger partial charge in [0.25, 0.3) is 0 Å². The number of carbonyl (C=O) groups is 2. The Morgan fingerprint density at radius 3 is 2.41 bits per heavy atom. The van der Waals surface area contributed by atoms with Crippen LogP contribution >= 0.6 is 0 Å². The van der Waals surface area contributed by atoms with Crippen molar-refractivity contribution in [1.29, 1.82) is 0 Å². The SMILES string of the molecule is COC1(C(=O)O)CCCN(C(=O)C(F)(F)F)C1. The molecule has 1 rings (SSSR count). The normalized spacial score (nSPS) is 25.8. The zero-order valence-electron chi connectivity index (χ0n) is 9.08. The van der Waals surface area contributed by atoms with E-state index >= 15 is 0 Å². The number of alkyl halides is 3. The van der Waals surface area contributed by atoms with Crippen molar-refractivity contribution >= 4 is 11.9 Å². The summed E-state index contributed by atoms with van der Waals surface area (Å²) in [5.41, 5.74) is -1.74. The first kappa shape index (κ1) is 13.8. The maximum Gasteiger partial charge on any atom is 0.471 e. The molecule has 0 saturated carbocycles. The number of rotatable bonds is 2. The molecule has 0 spiro atoms. The predicted molar refractivity (Wildman–Crippen MR) is 49.2 cm³/mol. The van der Waals surface area contributed by atoms with Crippen molar-refractivity contribution in [1.82, 2.24) is 4.90 Å². The summed E-state index contributed by atoms with van der Waals surface area (Å²) in [6.07, 6.45) is -4.75. The van der Waals surface area contributed by atoms with Crippen molar-refractivity contribution in [2.75, 3.05) is 20.2 Å². The van der Waals surface area contributed by atoms with Gasteiger partial charge in [-0.25, -0.2) is 4.79 Å². The lowest BCUT2D eigenvalue weighted by Crippen LogP contribution is -2.57. The number of methoxy groups -OCH3 is 1. The van der Waals surface area contributed by atoms with Crippen LogP contribution in [0.5, 0.6) is 0 Å². The van der Waals surface area contributed by atoms with Crippen LogP contribution < -0.4 is 0 Å². The van der Waals surface area contributed by atoms with E-state index in [0.29, 0.717) is 4.90 Å². The number of nitrogens with zero attached hydrogens (tertiary/aromatic N) is 1. The molecule has 1 saturated heterocycles. The highest BCUT2D eigenvalue weighted by Crippen LogP contribution is 2.28. The second kappa shape index (κ2) is 4.52. The smallest absolute Gasteiger partial charge is 0.471 e. The molecule has 1 fully saturated rings. The fourth-order valence-corrected chi connectivity index (χ4v) is 1.80. The lowest BCUT2D eigenvalue weighted by Gasteiger charge is -2.38. The number of carboxylic acids is 1. The van der Waals surface area contributed by atoms with Crippen LogP contribution in [-0.2, 0) is 14.3 Å². The van der Waals surface area contributed by atoms with Gasteiger partial charge >= 0.3 is 18.1 Å². The largest absolute Gasteiger partial charge is 0.479 e. The lowest BCUT2D eigenvalue weighted by molar-refractivity contribution is -0.195. The summed E-state index contributed by atoms with van der Waals surface area (Å²) in [5.74, 6) is -3.39. The molecule has 17 heavy (non-hydrogen) atoms. The highest BCUT2D eigenvalue weighted by Gasteiger charge is 2.49. The average Bonchev–Trinajstić information content (AvgIpc) is 2.26. The lowest BCUT2D eigenvalue weighted by atomic mass is 9.92. The van der Waals surface area contributed by atoms with Crippen LogP contribution in [0.25, 0.3) is 0 Å². The number of hydrogen-bond acceptors (Lipinski definition) is 3. The van der Waals surface area contributed by atoms with Gasteiger partial charge in [0.05, 0.1) is 6.54 Å². The van der Waals surface area contributed by atoms with E-state index in [-0.39, 0.29) is 19.4 Å². The van der Waals surface area contributed by atoms with E-state index in [2.05, 4.69) is 0 Å². The number of amides is 1. The molecule has 0 aromatic carbocycles. The second-order valence-electron chi connectivity index (χ2n) is 3.83.